The number of ether oxygens (including phenoxy) is 1. The van der Waals surface area contributed by atoms with Crippen molar-refractivity contribution in [1.82, 2.24) is 9.80 Å². The third-order valence-corrected chi connectivity index (χ3v) is 5.73. The first-order chi connectivity index (χ1) is 10.5. The fourth-order valence-electron chi connectivity index (χ4n) is 4.16. The zero-order valence-corrected chi connectivity index (χ0v) is 13.3. The summed E-state index contributed by atoms with van der Waals surface area (Å²) in [6, 6.07) is 0.143. The lowest BCUT2D eigenvalue weighted by molar-refractivity contribution is -0.136. The molecule has 3 rings (SSSR count). The van der Waals surface area contributed by atoms with Gasteiger partial charge in [0.1, 0.15) is 0 Å². The first kappa shape index (κ1) is 15.6. The van der Waals surface area contributed by atoms with E-state index < -0.39 is 6.09 Å². The van der Waals surface area contributed by atoms with Crippen LogP contribution in [0.15, 0.2) is 0 Å². The molecular formula is C16H26N2O4. The average Bonchev–Trinajstić information content (AvgIpc) is 3.17. The molecular weight excluding hydrogens is 284 g/mol. The molecule has 1 N–H and O–H groups in total. The van der Waals surface area contributed by atoms with E-state index in [9.17, 15) is 9.59 Å². The van der Waals surface area contributed by atoms with Gasteiger partial charge in [-0.25, -0.2) is 4.79 Å². The molecule has 124 valence electrons. The molecule has 0 bridgehead atoms. The Morgan fingerprint density at radius 2 is 1.86 bits per heavy atom. The average molecular weight is 310 g/mol. The molecule has 1 spiro atoms. The van der Waals surface area contributed by atoms with Crippen molar-refractivity contribution in [3.63, 3.8) is 0 Å². The molecule has 1 atom stereocenters. The van der Waals surface area contributed by atoms with E-state index in [0.29, 0.717) is 19.7 Å². The molecule has 0 aromatic rings. The Morgan fingerprint density at radius 3 is 2.45 bits per heavy atom. The van der Waals surface area contributed by atoms with E-state index in [0.717, 1.165) is 32.1 Å². The fourth-order valence-corrected chi connectivity index (χ4v) is 4.16. The number of carbonyl (C=O) groups is 2. The predicted molar refractivity (Wildman–Crippen MR) is 80.6 cm³/mol. The SMILES string of the molecule is CN(C(=O)C1CCCC1)[C@H]1COC2(CCN(C(=O)O)CC2)C1. The first-order valence-corrected chi connectivity index (χ1v) is 8.39. The smallest absolute Gasteiger partial charge is 0.407 e. The number of carbonyl (C=O) groups excluding carboxylic acids is 1. The quantitative estimate of drug-likeness (QED) is 0.846. The summed E-state index contributed by atoms with van der Waals surface area (Å²) in [6.45, 7) is 1.65. The maximum Gasteiger partial charge on any atom is 0.407 e. The molecule has 6 nitrogen and oxygen atoms in total. The highest BCUT2D eigenvalue weighted by Crippen LogP contribution is 2.38. The van der Waals surface area contributed by atoms with Crippen LogP contribution in [0.25, 0.3) is 0 Å². The highest BCUT2D eigenvalue weighted by molar-refractivity contribution is 5.79. The summed E-state index contributed by atoms with van der Waals surface area (Å²) in [6.07, 6.45) is 5.85. The summed E-state index contributed by atoms with van der Waals surface area (Å²) in [5, 5.41) is 9.04. The number of likely N-dealkylation sites (N-methyl/N-ethyl adjacent to an activating group) is 1. The zero-order valence-electron chi connectivity index (χ0n) is 13.3. The van der Waals surface area contributed by atoms with Gasteiger partial charge in [-0.3, -0.25) is 4.79 Å². The van der Waals surface area contributed by atoms with Crippen LogP contribution in [0.5, 0.6) is 0 Å². The first-order valence-electron chi connectivity index (χ1n) is 8.39. The van der Waals surface area contributed by atoms with E-state index in [-0.39, 0.29) is 23.5 Å². The standard InChI is InChI=1S/C16H26N2O4/c1-17(14(19)12-4-2-3-5-12)13-10-16(22-11-13)6-8-18(9-7-16)15(20)21/h12-13H,2-11H2,1H3,(H,20,21)/t13-/m1/s1. The number of carboxylic acid groups (broad SMARTS) is 1. The van der Waals surface area contributed by atoms with Crippen molar-refractivity contribution >= 4 is 12.0 Å². The van der Waals surface area contributed by atoms with Crippen molar-refractivity contribution in [3.05, 3.63) is 0 Å². The van der Waals surface area contributed by atoms with Gasteiger partial charge in [0, 0.05) is 26.1 Å². The van der Waals surface area contributed by atoms with Crippen molar-refractivity contribution in [3.8, 4) is 0 Å². The lowest BCUT2D eigenvalue weighted by Crippen LogP contribution is -2.47. The molecule has 2 heterocycles. The molecule has 1 saturated carbocycles. The van der Waals surface area contributed by atoms with Crippen molar-refractivity contribution in [2.24, 2.45) is 5.92 Å². The lowest BCUT2D eigenvalue weighted by atomic mass is 9.87. The maximum absolute atomic E-state index is 12.5. The summed E-state index contributed by atoms with van der Waals surface area (Å²) >= 11 is 0. The van der Waals surface area contributed by atoms with Crippen molar-refractivity contribution in [2.45, 2.75) is 56.6 Å². The molecule has 1 aliphatic carbocycles. The van der Waals surface area contributed by atoms with Crippen LogP contribution in [0.2, 0.25) is 0 Å². The molecule has 0 unspecified atom stereocenters. The second-order valence-corrected chi connectivity index (χ2v) is 7.05. The number of nitrogens with zero attached hydrogens (tertiary/aromatic N) is 2. The summed E-state index contributed by atoms with van der Waals surface area (Å²) in [5.41, 5.74) is -0.221. The second kappa shape index (κ2) is 6.07. The molecule has 2 saturated heterocycles. The minimum atomic E-state index is -0.849. The minimum absolute atomic E-state index is 0.143. The summed E-state index contributed by atoms with van der Waals surface area (Å²) in [5.74, 6) is 0.474. The molecule has 3 fully saturated rings. The van der Waals surface area contributed by atoms with Crippen LogP contribution in [0.1, 0.15) is 44.9 Å². The van der Waals surface area contributed by atoms with E-state index in [1.54, 1.807) is 0 Å². The van der Waals surface area contributed by atoms with Crippen LogP contribution in [0, 0.1) is 5.92 Å². The van der Waals surface area contributed by atoms with E-state index in [4.69, 9.17) is 9.84 Å². The largest absolute Gasteiger partial charge is 0.465 e. The van der Waals surface area contributed by atoms with Gasteiger partial charge in [-0.05, 0) is 32.1 Å². The Morgan fingerprint density at radius 1 is 1.23 bits per heavy atom. The van der Waals surface area contributed by atoms with Crippen LogP contribution >= 0.6 is 0 Å². The van der Waals surface area contributed by atoms with Gasteiger partial charge in [0.2, 0.25) is 5.91 Å². The van der Waals surface area contributed by atoms with E-state index in [1.807, 2.05) is 11.9 Å². The highest BCUT2D eigenvalue weighted by Gasteiger charge is 2.45. The van der Waals surface area contributed by atoms with Crippen molar-refractivity contribution in [1.29, 1.82) is 0 Å². The van der Waals surface area contributed by atoms with Crippen LogP contribution in [-0.2, 0) is 9.53 Å². The normalized spacial score (nSPS) is 28.2. The molecule has 2 aliphatic heterocycles. The topological polar surface area (TPSA) is 70.1 Å². The van der Waals surface area contributed by atoms with Gasteiger partial charge in [0.15, 0.2) is 0 Å². The summed E-state index contributed by atoms with van der Waals surface area (Å²) in [7, 11) is 1.90. The van der Waals surface area contributed by atoms with Crippen LogP contribution in [-0.4, -0.2) is 65.3 Å². The Balaban J connectivity index is 1.55. The van der Waals surface area contributed by atoms with Crippen LogP contribution < -0.4 is 0 Å². The van der Waals surface area contributed by atoms with Gasteiger partial charge in [0.05, 0.1) is 18.2 Å². The fraction of sp³-hybridized carbons (Fsp3) is 0.875. The number of piperidine rings is 1. The minimum Gasteiger partial charge on any atom is -0.465 e. The second-order valence-electron chi connectivity index (χ2n) is 7.05. The Labute approximate surface area is 131 Å². The summed E-state index contributed by atoms with van der Waals surface area (Å²) < 4.78 is 6.04. The molecule has 0 aromatic heterocycles. The van der Waals surface area contributed by atoms with E-state index >= 15 is 0 Å². The molecule has 6 heteroatoms. The van der Waals surface area contributed by atoms with Crippen LogP contribution in [0.3, 0.4) is 0 Å². The third kappa shape index (κ3) is 2.93. The van der Waals surface area contributed by atoms with Gasteiger partial charge in [0.25, 0.3) is 0 Å². The van der Waals surface area contributed by atoms with E-state index in [1.165, 1.54) is 17.7 Å². The summed E-state index contributed by atoms with van der Waals surface area (Å²) in [4.78, 5) is 26.9. The number of rotatable bonds is 2. The van der Waals surface area contributed by atoms with Gasteiger partial charge < -0.3 is 19.6 Å². The molecule has 2 amide bonds. The van der Waals surface area contributed by atoms with E-state index in [2.05, 4.69) is 0 Å². The maximum atomic E-state index is 12.5. The Bertz CT molecular complexity index is 439. The molecule has 3 aliphatic rings. The number of hydrogen-bond donors (Lipinski definition) is 1. The molecule has 0 aromatic carbocycles. The van der Waals surface area contributed by atoms with Crippen LogP contribution in [0.4, 0.5) is 4.79 Å². The highest BCUT2D eigenvalue weighted by atomic mass is 16.5. The predicted octanol–water partition coefficient (Wildman–Crippen LogP) is 1.94. The van der Waals surface area contributed by atoms with Crippen molar-refractivity contribution < 1.29 is 19.4 Å². The number of likely N-dealkylation sites (tertiary alicyclic amines) is 1. The molecule has 0 radical (unpaired) electrons. The Kier molecular flexibility index (Phi) is 4.30. The van der Waals surface area contributed by atoms with Gasteiger partial charge in [-0.15, -0.1) is 0 Å². The number of amides is 2. The third-order valence-electron chi connectivity index (χ3n) is 5.73. The van der Waals surface area contributed by atoms with Gasteiger partial charge >= 0.3 is 6.09 Å². The van der Waals surface area contributed by atoms with Gasteiger partial charge in [-0.2, -0.15) is 0 Å². The van der Waals surface area contributed by atoms with Gasteiger partial charge in [-0.1, -0.05) is 12.8 Å². The van der Waals surface area contributed by atoms with Crippen molar-refractivity contribution in [2.75, 3.05) is 26.7 Å². The Hall–Kier alpha value is -1.30. The monoisotopic (exact) mass is 310 g/mol. The zero-order chi connectivity index (χ0) is 15.7. The molecule has 22 heavy (non-hydrogen) atoms. The number of hydrogen-bond acceptors (Lipinski definition) is 3. The lowest BCUT2D eigenvalue weighted by Gasteiger charge is -2.37.